The number of aromatic nitrogens is 2. The van der Waals surface area contributed by atoms with Crippen LogP contribution in [0.3, 0.4) is 0 Å². The Bertz CT molecular complexity index is 986. The van der Waals surface area contributed by atoms with Crippen molar-refractivity contribution in [2.24, 2.45) is 0 Å². The number of benzene rings is 1. The van der Waals surface area contributed by atoms with Crippen molar-refractivity contribution in [2.45, 2.75) is 38.3 Å². The fourth-order valence-electron chi connectivity index (χ4n) is 3.99. The number of H-pyrrole nitrogens is 1. The summed E-state index contributed by atoms with van der Waals surface area (Å²) in [4.78, 5) is 24.2. The molecule has 0 atom stereocenters. The van der Waals surface area contributed by atoms with Gasteiger partial charge in [0.15, 0.2) is 5.13 Å². The van der Waals surface area contributed by atoms with Crippen molar-refractivity contribution < 1.29 is 9.53 Å². The van der Waals surface area contributed by atoms with Gasteiger partial charge in [0, 0.05) is 47.5 Å². The lowest BCUT2D eigenvalue weighted by molar-refractivity contribution is 0.0658. The number of carbonyl (C=O) groups is 1. The molecule has 2 aromatic heterocycles. The molecule has 2 aliphatic heterocycles. The number of nitrogens with one attached hydrogen (secondary N) is 2. The number of nitrogens with zero attached hydrogens (tertiary/aromatic N) is 2. The number of thiazole rings is 1. The lowest BCUT2D eigenvalue weighted by atomic mass is 9.93. The van der Waals surface area contributed by atoms with Gasteiger partial charge in [-0.2, -0.15) is 0 Å². The zero-order valence-electron chi connectivity index (χ0n) is 16.0. The molecule has 28 heavy (non-hydrogen) atoms. The SMILES string of the molecule is CC1(Nc2nc3c(s2)CN(C(=O)c2cc4ccccc4[nH]2)CC3)CCOCC1. The number of anilines is 1. The molecule has 2 aliphatic rings. The van der Waals surface area contributed by atoms with E-state index < -0.39 is 0 Å². The molecule has 146 valence electrons. The maximum Gasteiger partial charge on any atom is 0.270 e. The van der Waals surface area contributed by atoms with Gasteiger partial charge < -0.3 is 19.9 Å². The van der Waals surface area contributed by atoms with Crippen LogP contribution in [-0.4, -0.2) is 46.1 Å². The molecular formula is C21H24N4O2S. The number of fused-ring (bicyclic) bond motifs is 2. The lowest BCUT2D eigenvalue weighted by Gasteiger charge is -2.34. The third-order valence-corrected chi connectivity index (χ3v) is 6.78. The van der Waals surface area contributed by atoms with Gasteiger partial charge in [0.2, 0.25) is 0 Å². The first kappa shape index (κ1) is 17.7. The zero-order chi connectivity index (χ0) is 19.1. The highest BCUT2D eigenvalue weighted by Gasteiger charge is 2.30. The van der Waals surface area contributed by atoms with Crippen molar-refractivity contribution in [3.8, 4) is 0 Å². The minimum atomic E-state index is 0.0402. The molecular weight excluding hydrogens is 372 g/mol. The zero-order valence-corrected chi connectivity index (χ0v) is 16.8. The van der Waals surface area contributed by atoms with Crippen LogP contribution >= 0.6 is 11.3 Å². The van der Waals surface area contributed by atoms with E-state index in [2.05, 4.69) is 17.2 Å². The molecule has 1 aromatic carbocycles. The molecule has 3 aromatic rings. The van der Waals surface area contributed by atoms with Crippen LogP contribution in [0.25, 0.3) is 10.9 Å². The first-order valence-electron chi connectivity index (χ1n) is 9.81. The molecule has 0 saturated carbocycles. The number of amides is 1. The standard InChI is InChI=1S/C21H24N4O2S/c1-21(7-10-27-11-8-21)24-20-23-16-6-9-25(13-18(16)28-20)19(26)17-12-14-4-2-3-5-15(14)22-17/h2-5,12,22H,6-11,13H2,1H3,(H,23,24). The van der Waals surface area contributed by atoms with Crippen LogP contribution in [0, 0.1) is 0 Å². The fraction of sp³-hybridized carbons (Fsp3) is 0.429. The maximum absolute atomic E-state index is 13.0. The summed E-state index contributed by atoms with van der Waals surface area (Å²) in [5.74, 6) is 0.0566. The average molecular weight is 397 g/mol. The van der Waals surface area contributed by atoms with Crippen LogP contribution in [0.5, 0.6) is 0 Å². The highest BCUT2D eigenvalue weighted by Crippen LogP contribution is 2.33. The summed E-state index contributed by atoms with van der Waals surface area (Å²) in [6.07, 6.45) is 2.78. The van der Waals surface area contributed by atoms with Gasteiger partial charge in [-0.25, -0.2) is 4.98 Å². The third-order valence-electron chi connectivity index (χ3n) is 5.78. The monoisotopic (exact) mass is 396 g/mol. The van der Waals surface area contributed by atoms with Crippen molar-refractivity contribution in [3.63, 3.8) is 0 Å². The average Bonchev–Trinajstić information content (AvgIpc) is 3.30. The van der Waals surface area contributed by atoms with E-state index in [1.165, 1.54) is 4.88 Å². The van der Waals surface area contributed by atoms with E-state index in [0.29, 0.717) is 18.8 Å². The van der Waals surface area contributed by atoms with Gasteiger partial charge in [-0.05, 0) is 31.9 Å². The smallest absolute Gasteiger partial charge is 0.270 e. The Morgan fingerprint density at radius 1 is 1.32 bits per heavy atom. The number of rotatable bonds is 3. The highest BCUT2D eigenvalue weighted by atomic mass is 32.1. The predicted molar refractivity (Wildman–Crippen MR) is 111 cm³/mol. The minimum absolute atomic E-state index is 0.0402. The minimum Gasteiger partial charge on any atom is -0.381 e. The van der Waals surface area contributed by atoms with Gasteiger partial charge in [-0.1, -0.05) is 29.5 Å². The number of aromatic amines is 1. The molecule has 0 unspecified atom stereocenters. The van der Waals surface area contributed by atoms with E-state index in [1.54, 1.807) is 11.3 Å². The number of carbonyl (C=O) groups excluding carboxylic acids is 1. The molecule has 2 N–H and O–H groups in total. The second-order valence-corrected chi connectivity index (χ2v) is 9.02. The van der Waals surface area contributed by atoms with Gasteiger partial charge >= 0.3 is 0 Å². The first-order valence-corrected chi connectivity index (χ1v) is 10.6. The molecule has 7 heteroatoms. The first-order chi connectivity index (χ1) is 13.6. The summed E-state index contributed by atoms with van der Waals surface area (Å²) < 4.78 is 5.48. The van der Waals surface area contributed by atoms with E-state index in [1.807, 2.05) is 35.2 Å². The summed E-state index contributed by atoms with van der Waals surface area (Å²) in [7, 11) is 0. The van der Waals surface area contributed by atoms with Gasteiger partial charge in [-0.3, -0.25) is 4.79 Å². The largest absolute Gasteiger partial charge is 0.381 e. The van der Waals surface area contributed by atoms with Crippen LogP contribution < -0.4 is 5.32 Å². The molecule has 5 rings (SSSR count). The van der Waals surface area contributed by atoms with Crippen molar-refractivity contribution in [2.75, 3.05) is 25.1 Å². The summed E-state index contributed by atoms with van der Waals surface area (Å²) >= 11 is 1.68. The molecule has 1 fully saturated rings. The van der Waals surface area contributed by atoms with Crippen LogP contribution in [0.4, 0.5) is 5.13 Å². The molecule has 0 radical (unpaired) electrons. The molecule has 0 bridgehead atoms. The molecule has 1 saturated heterocycles. The molecule has 1 amide bonds. The summed E-state index contributed by atoms with van der Waals surface area (Å²) in [5, 5.41) is 5.66. The van der Waals surface area contributed by atoms with E-state index in [-0.39, 0.29) is 11.4 Å². The molecule has 0 spiro atoms. The normalized spacial score (nSPS) is 18.8. The number of hydrogen-bond acceptors (Lipinski definition) is 5. The molecule has 4 heterocycles. The third kappa shape index (κ3) is 3.29. The Morgan fingerprint density at radius 3 is 2.96 bits per heavy atom. The van der Waals surface area contributed by atoms with E-state index in [0.717, 1.165) is 54.2 Å². The fourth-order valence-corrected chi connectivity index (χ4v) is 5.16. The summed E-state index contributed by atoms with van der Waals surface area (Å²) in [6.45, 7) is 5.16. The number of para-hydroxylation sites is 1. The molecule has 0 aliphatic carbocycles. The van der Waals surface area contributed by atoms with E-state index >= 15 is 0 Å². The van der Waals surface area contributed by atoms with Crippen LogP contribution in [-0.2, 0) is 17.7 Å². The quantitative estimate of drug-likeness (QED) is 0.706. The van der Waals surface area contributed by atoms with Crippen LogP contribution in [0.15, 0.2) is 30.3 Å². The number of ether oxygens (including phenoxy) is 1. The van der Waals surface area contributed by atoms with Crippen molar-refractivity contribution in [3.05, 3.63) is 46.6 Å². The predicted octanol–water partition coefficient (Wildman–Crippen LogP) is 3.80. The van der Waals surface area contributed by atoms with Crippen molar-refractivity contribution >= 4 is 33.3 Å². The van der Waals surface area contributed by atoms with Crippen molar-refractivity contribution in [1.29, 1.82) is 0 Å². The van der Waals surface area contributed by atoms with Crippen molar-refractivity contribution in [1.82, 2.24) is 14.9 Å². The Labute approximate surface area is 167 Å². The lowest BCUT2D eigenvalue weighted by Crippen LogP contribution is -2.40. The van der Waals surface area contributed by atoms with Gasteiger partial charge in [0.25, 0.3) is 5.91 Å². The van der Waals surface area contributed by atoms with Gasteiger partial charge in [0.1, 0.15) is 5.69 Å². The Balaban J connectivity index is 1.32. The van der Waals surface area contributed by atoms with Gasteiger partial charge in [-0.15, -0.1) is 0 Å². The summed E-state index contributed by atoms with van der Waals surface area (Å²) in [5.41, 5.74) is 2.82. The van der Waals surface area contributed by atoms with E-state index in [9.17, 15) is 4.79 Å². The highest BCUT2D eigenvalue weighted by molar-refractivity contribution is 7.15. The van der Waals surface area contributed by atoms with E-state index in [4.69, 9.17) is 9.72 Å². The maximum atomic E-state index is 13.0. The van der Waals surface area contributed by atoms with Crippen LogP contribution in [0.2, 0.25) is 0 Å². The Hall–Kier alpha value is -2.38. The summed E-state index contributed by atoms with van der Waals surface area (Å²) in [6, 6.07) is 9.93. The second kappa shape index (κ2) is 6.90. The molecule has 6 nitrogen and oxygen atoms in total. The van der Waals surface area contributed by atoms with Gasteiger partial charge in [0.05, 0.1) is 12.2 Å². The second-order valence-electron chi connectivity index (χ2n) is 7.93. The van der Waals surface area contributed by atoms with Crippen LogP contribution in [0.1, 0.15) is 40.8 Å². The Kier molecular flexibility index (Phi) is 4.36. The topological polar surface area (TPSA) is 70.2 Å². The Morgan fingerprint density at radius 2 is 2.14 bits per heavy atom. The number of hydrogen-bond donors (Lipinski definition) is 2.